The number of aliphatic carboxylic acids is 1. The number of aromatic hydroxyl groups is 1. The van der Waals surface area contributed by atoms with Gasteiger partial charge in [0.25, 0.3) is 0 Å². The highest BCUT2D eigenvalue weighted by atomic mass is 19.1. The summed E-state index contributed by atoms with van der Waals surface area (Å²) in [6.45, 7) is 1.42. The second-order valence-corrected chi connectivity index (χ2v) is 2.99. The van der Waals surface area contributed by atoms with Gasteiger partial charge in [0.2, 0.25) is 0 Å². The first-order chi connectivity index (χ1) is 6.43. The molecular formula is C9H10FNO3. The highest BCUT2D eigenvalue weighted by Gasteiger charge is 2.17. The Labute approximate surface area is 79.8 Å². The normalized spacial score (nSPS) is 12.5. The van der Waals surface area contributed by atoms with Crippen molar-refractivity contribution in [2.24, 2.45) is 5.73 Å². The van der Waals surface area contributed by atoms with Crippen molar-refractivity contribution in [1.82, 2.24) is 0 Å². The minimum Gasteiger partial charge on any atom is -0.505 e. The predicted molar refractivity (Wildman–Crippen MR) is 47.4 cm³/mol. The zero-order chi connectivity index (χ0) is 10.9. The summed E-state index contributed by atoms with van der Waals surface area (Å²) >= 11 is 0. The number of carboxylic acids is 1. The molecule has 5 heteroatoms. The molecule has 14 heavy (non-hydrogen) atoms. The van der Waals surface area contributed by atoms with Gasteiger partial charge in [-0.15, -0.1) is 0 Å². The number of hydrogen-bond donors (Lipinski definition) is 3. The number of nitrogens with two attached hydrogens (primary N) is 1. The average molecular weight is 199 g/mol. The lowest BCUT2D eigenvalue weighted by Gasteiger charge is -2.09. The lowest BCUT2D eigenvalue weighted by atomic mass is 10.0. The Bertz CT molecular complexity index is 355. The summed E-state index contributed by atoms with van der Waals surface area (Å²) in [6, 6.07) is 1.06. The van der Waals surface area contributed by atoms with E-state index in [0.717, 1.165) is 6.07 Å². The van der Waals surface area contributed by atoms with Gasteiger partial charge in [0.05, 0.1) is 0 Å². The Balaban J connectivity index is 3.19. The van der Waals surface area contributed by atoms with E-state index in [2.05, 4.69) is 0 Å². The van der Waals surface area contributed by atoms with Gasteiger partial charge in [0, 0.05) is 0 Å². The molecule has 0 spiro atoms. The van der Waals surface area contributed by atoms with Gasteiger partial charge in [-0.1, -0.05) is 6.07 Å². The summed E-state index contributed by atoms with van der Waals surface area (Å²) in [5, 5.41) is 17.7. The molecular weight excluding hydrogens is 189 g/mol. The van der Waals surface area contributed by atoms with Gasteiger partial charge < -0.3 is 15.9 Å². The molecule has 1 rings (SSSR count). The lowest BCUT2D eigenvalue weighted by Crippen LogP contribution is -2.20. The number of hydrogen-bond acceptors (Lipinski definition) is 3. The van der Waals surface area contributed by atoms with E-state index in [1.165, 1.54) is 13.0 Å². The molecule has 4 nitrogen and oxygen atoms in total. The fourth-order valence-electron chi connectivity index (χ4n) is 1.10. The Morgan fingerprint density at radius 2 is 2.14 bits per heavy atom. The molecule has 76 valence electrons. The summed E-state index contributed by atoms with van der Waals surface area (Å²) in [7, 11) is 0. The third kappa shape index (κ3) is 1.82. The van der Waals surface area contributed by atoms with Crippen molar-refractivity contribution in [3.05, 3.63) is 29.1 Å². The molecule has 0 fully saturated rings. The molecule has 0 radical (unpaired) electrons. The van der Waals surface area contributed by atoms with Gasteiger partial charge in [-0.3, -0.25) is 4.79 Å². The smallest absolute Gasteiger partial charge is 0.325 e. The van der Waals surface area contributed by atoms with E-state index in [-0.39, 0.29) is 11.1 Å². The van der Waals surface area contributed by atoms with Crippen LogP contribution in [0.4, 0.5) is 4.39 Å². The average Bonchev–Trinajstić information content (AvgIpc) is 2.12. The van der Waals surface area contributed by atoms with E-state index in [1.54, 1.807) is 0 Å². The summed E-state index contributed by atoms with van der Waals surface area (Å²) < 4.78 is 12.9. The number of benzene rings is 1. The maximum atomic E-state index is 12.9. The lowest BCUT2D eigenvalue weighted by molar-refractivity contribution is -0.138. The SMILES string of the molecule is Cc1cc(C(N)C(=O)O)cc(O)c1F. The number of rotatable bonds is 2. The first kappa shape index (κ1) is 10.5. The maximum Gasteiger partial charge on any atom is 0.325 e. The molecule has 0 aromatic heterocycles. The third-order valence-electron chi connectivity index (χ3n) is 1.88. The quantitative estimate of drug-likeness (QED) is 0.661. The third-order valence-corrected chi connectivity index (χ3v) is 1.88. The van der Waals surface area contributed by atoms with Crippen LogP contribution in [-0.4, -0.2) is 16.2 Å². The van der Waals surface area contributed by atoms with Crippen LogP contribution in [0.15, 0.2) is 12.1 Å². The fraction of sp³-hybridized carbons (Fsp3) is 0.222. The van der Waals surface area contributed by atoms with Crippen molar-refractivity contribution in [2.45, 2.75) is 13.0 Å². The molecule has 0 aliphatic carbocycles. The van der Waals surface area contributed by atoms with Gasteiger partial charge >= 0.3 is 5.97 Å². The van der Waals surface area contributed by atoms with Crippen molar-refractivity contribution in [3.8, 4) is 5.75 Å². The van der Waals surface area contributed by atoms with Crippen LogP contribution in [0, 0.1) is 12.7 Å². The largest absolute Gasteiger partial charge is 0.505 e. The standard InChI is InChI=1S/C9H10FNO3/c1-4-2-5(8(11)9(13)14)3-6(12)7(4)10/h2-3,8,12H,11H2,1H3,(H,13,14). The number of phenols is 1. The molecule has 1 aromatic rings. The molecule has 0 bridgehead atoms. The molecule has 1 aromatic carbocycles. The van der Waals surface area contributed by atoms with Crippen LogP contribution in [0.3, 0.4) is 0 Å². The first-order valence-corrected chi connectivity index (χ1v) is 3.91. The Morgan fingerprint density at radius 1 is 1.57 bits per heavy atom. The van der Waals surface area contributed by atoms with Crippen LogP contribution < -0.4 is 5.73 Å². The number of phenolic OH excluding ortho intramolecular Hbond substituents is 1. The van der Waals surface area contributed by atoms with Crippen LogP contribution >= 0.6 is 0 Å². The second kappa shape index (κ2) is 3.63. The van der Waals surface area contributed by atoms with Gasteiger partial charge in [0.1, 0.15) is 6.04 Å². The molecule has 0 aliphatic heterocycles. The topological polar surface area (TPSA) is 83.6 Å². The summed E-state index contributed by atoms with van der Waals surface area (Å²) in [5.74, 6) is -2.57. The van der Waals surface area contributed by atoms with Gasteiger partial charge in [-0.05, 0) is 24.1 Å². The van der Waals surface area contributed by atoms with Crippen molar-refractivity contribution in [3.63, 3.8) is 0 Å². The monoisotopic (exact) mass is 199 g/mol. The highest BCUT2D eigenvalue weighted by molar-refractivity contribution is 5.75. The summed E-state index contributed by atoms with van der Waals surface area (Å²) in [6.07, 6.45) is 0. The van der Waals surface area contributed by atoms with Gasteiger partial charge in [-0.25, -0.2) is 4.39 Å². The molecule has 0 saturated heterocycles. The molecule has 0 amide bonds. The van der Waals surface area contributed by atoms with Crippen molar-refractivity contribution >= 4 is 5.97 Å². The van der Waals surface area contributed by atoms with E-state index in [4.69, 9.17) is 15.9 Å². The van der Waals surface area contributed by atoms with Crippen LogP contribution in [-0.2, 0) is 4.79 Å². The minimum atomic E-state index is -1.25. The predicted octanol–water partition coefficient (Wildman–Crippen LogP) is 0.924. The van der Waals surface area contributed by atoms with Crippen molar-refractivity contribution in [2.75, 3.05) is 0 Å². The Hall–Kier alpha value is -1.62. The van der Waals surface area contributed by atoms with E-state index < -0.39 is 23.6 Å². The van der Waals surface area contributed by atoms with E-state index in [1.807, 2.05) is 0 Å². The molecule has 0 saturated carbocycles. The second-order valence-electron chi connectivity index (χ2n) is 2.99. The van der Waals surface area contributed by atoms with E-state index in [9.17, 15) is 9.18 Å². The molecule has 0 aliphatic rings. The Kier molecular flexibility index (Phi) is 2.71. The first-order valence-electron chi connectivity index (χ1n) is 3.91. The summed E-state index contributed by atoms with van der Waals surface area (Å²) in [5.41, 5.74) is 5.63. The van der Waals surface area contributed by atoms with Gasteiger partial charge in [0.15, 0.2) is 11.6 Å². The Morgan fingerprint density at radius 3 is 2.57 bits per heavy atom. The van der Waals surface area contributed by atoms with Crippen LogP contribution in [0.25, 0.3) is 0 Å². The number of carboxylic acid groups (broad SMARTS) is 1. The highest BCUT2D eigenvalue weighted by Crippen LogP contribution is 2.24. The van der Waals surface area contributed by atoms with Crippen LogP contribution in [0.5, 0.6) is 5.75 Å². The zero-order valence-corrected chi connectivity index (χ0v) is 7.49. The van der Waals surface area contributed by atoms with Crippen molar-refractivity contribution in [1.29, 1.82) is 0 Å². The van der Waals surface area contributed by atoms with Crippen molar-refractivity contribution < 1.29 is 19.4 Å². The molecule has 0 heterocycles. The maximum absolute atomic E-state index is 12.9. The van der Waals surface area contributed by atoms with Gasteiger partial charge in [-0.2, -0.15) is 0 Å². The fourth-order valence-corrected chi connectivity index (χ4v) is 1.10. The van der Waals surface area contributed by atoms with Crippen LogP contribution in [0.1, 0.15) is 17.2 Å². The van der Waals surface area contributed by atoms with E-state index in [0.29, 0.717) is 0 Å². The van der Waals surface area contributed by atoms with Crippen LogP contribution in [0.2, 0.25) is 0 Å². The number of carbonyl (C=O) groups is 1. The molecule has 1 atom stereocenters. The summed E-state index contributed by atoms with van der Waals surface area (Å²) in [4.78, 5) is 10.5. The number of aryl methyl sites for hydroxylation is 1. The molecule has 1 unspecified atom stereocenters. The number of halogens is 1. The minimum absolute atomic E-state index is 0.164. The zero-order valence-electron chi connectivity index (χ0n) is 7.49. The molecule has 4 N–H and O–H groups in total. The van der Waals surface area contributed by atoms with E-state index >= 15 is 0 Å².